The number of carbonyl (C=O) groups excluding carboxylic acids is 1. The molecule has 1 N–H and O–H groups in total. The largest absolute Gasteiger partial charge is 0.480 e. The van der Waals surface area contributed by atoms with Crippen molar-refractivity contribution >= 4 is 17.6 Å². The Kier molecular flexibility index (Phi) is 4.18. The second-order valence-corrected chi connectivity index (χ2v) is 5.74. The summed E-state index contributed by atoms with van der Waals surface area (Å²) in [5.74, 6) is -1.06. The lowest BCUT2D eigenvalue weighted by Crippen LogP contribution is -2.63. The molecule has 1 aliphatic rings. The number of ether oxygens (including phenoxy) is 1. The molecule has 1 aromatic rings. The van der Waals surface area contributed by atoms with E-state index >= 15 is 0 Å². The number of carboxylic acids is 1. The molecule has 0 aliphatic carbocycles. The van der Waals surface area contributed by atoms with E-state index in [1.54, 1.807) is 11.0 Å². The summed E-state index contributed by atoms with van der Waals surface area (Å²) in [7, 11) is 3.84. The van der Waals surface area contributed by atoms with Gasteiger partial charge in [-0.3, -0.25) is 4.79 Å². The molecule has 114 valence electrons. The van der Waals surface area contributed by atoms with Crippen LogP contribution < -0.4 is 4.90 Å². The molecule has 6 heteroatoms. The monoisotopic (exact) mass is 292 g/mol. The van der Waals surface area contributed by atoms with Crippen molar-refractivity contribution in [1.29, 1.82) is 0 Å². The molecule has 2 rings (SSSR count). The quantitative estimate of drug-likeness (QED) is 0.879. The van der Waals surface area contributed by atoms with Gasteiger partial charge in [-0.05, 0) is 25.1 Å². The molecule has 1 saturated heterocycles. The number of hydrogen-bond acceptors (Lipinski definition) is 4. The fourth-order valence-corrected chi connectivity index (χ4v) is 2.33. The summed E-state index contributed by atoms with van der Waals surface area (Å²) in [6, 6.07) is 7.41. The minimum atomic E-state index is -1.00. The minimum absolute atomic E-state index is 0.0601. The van der Waals surface area contributed by atoms with Crippen molar-refractivity contribution in [2.45, 2.75) is 12.5 Å². The van der Waals surface area contributed by atoms with Gasteiger partial charge in [-0.1, -0.05) is 6.07 Å². The molecule has 0 bridgehead atoms. The molecular weight excluding hydrogens is 272 g/mol. The van der Waals surface area contributed by atoms with Crippen LogP contribution >= 0.6 is 0 Å². The van der Waals surface area contributed by atoms with Gasteiger partial charge in [0.15, 0.2) is 0 Å². The lowest BCUT2D eigenvalue weighted by Gasteiger charge is -2.47. The fraction of sp³-hybridized carbons (Fsp3) is 0.467. The summed E-state index contributed by atoms with van der Waals surface area (Å²) in [6.07, 6.45) is 0. The smallest absolute Gasteiger partial charge is 0.329 e. The van der Waals surface area contributed by atoms with E-state index in [1.807, 2.05) is 44.1 Å². The molecule has 6 nitrogen and oxygen atoms in total. The van der Waals surface area contributed by atoms with Gasteiger partial charge in [0.05, 0.1) is 13.1 Å². The molecule has 1 heterocycles. The van der Waals surface area contributed by atoms with Crippen LogP contribution in [0.1, 0.15) is 17.3 Å². The zero-order chi connectivity index (χ0) is 15.6. The van der Waals surface area contributed by atoms with Gasteiger partial charge in [-0.15, -0.1) is 0 Å². The first-order valence-corrected chi connectivity index (χ1v) is 6.73. The highest BCUT2D eigenvalue weighted by molar-refractivity contribution is 5.95. The zero-order valence-electron chi connectivity index (χ0n) is 12.5. The molecule has 21 heavy (non-hydrogen) atoms. The highest BCUT2D eigenvalue weighted by Gasteiger charge is 2.42. The topological polar surface area (TPSA) is 70.1 Å². The first-order valence-electron chi connectivity index (χ1n) is 6.73. The summed E-state index contributed by atoms with van der Waals surface area (Å²) in [6.45, 7) is 2.29. The predicted octanol–water partition coefficient (Wildman–Crippen LogP) is 1.07. The molecule has 0 unspecified atom stereocenters. The van der Waals surface area contributed by atoms with Crippen molar-refractivity contribution < 1.29 is 19.4 Å². The molecule has 0 saturated carbocycles. The number of carbonyl (C=O) groups is 2. The van der Waals surface area contributed by atoms with Crippen molar-refractivity contribution in [3.05, 3.63) is 29.8 Å². The third-order valence-corrected chi connectivity index (χ3v) is 3.49. The van der Waals surface area contributed by atoms with Gasteiger partial charge in [0, 0.05) is 25.3 Å². The molecule has 0 aromatic heterocycles. The maximum Gasteiger partial charge on any atom is 0.329 e. The van der Waals surface area contributed by atoms with Gasteiger partial charge in [0.1, 0.15) is 12.2 Å². The number of carboxylic acid groups (broad SMARTS) is 1. The van der Waals surface area contributed by atoms with E-state index in [4.69, 9.17) is 9.84 Å². The first-order chi connectivity index (χ1) is 9.81. The minimum Gasteiger partial charge on any atom is -0.480 e. The summed E-state index contributed by atoms with van der Waals surface area (Å²) in [5, 5.41) is 8.62. The zero-order valence-corrected chi connectivity index (χ0v) is 12.5. The average Bonchev–Trinajstić information content (AvgIpc) is 2.41. The molecular formula is C15H20N2O4. The van der Waals surface area contributed by atoms with Crippen LogP contribution in [0.5, 0.6) is 0 Å². The number of likely N-dealkylation sites (tertiary alicyclic amines) is 1. The predicted molar refractivity (Wildman–Crippen MR) is 78.7 cm³/mol. The Hall–Kier alpha value is -2.08. The van der Waals surface area contributed by atoms with Gasteiger partial charge in [-0.2, -0.15) is 0 Å². The maximum atomic E-state index is 12.4. The van der Waals surface area contributed by atoms with Gasteiger partial charge in [0.2, 0.25) is 0 Å². The number of nitrogens with zero attached hydrogens (tertiary/aromatic N) is 2. The van der Waals surface area contributed by atoms with E-state index in [1.165, 1.54) is 0 Å². The highest BCUT2D eigenvalue weighted by atomic mass is 16.5. The Morgan fingerprint density at radius 3 is 2.62 bits per heavy atom. The number of amides is 1. The van der Waals surface area contributed by atoms with Gasteiger partial charge >= 0.3 is 5.97 Å². The summed E-state index contributed by atoms with van der Waals surface area (Å²) >= 11 is 0. The highest BCUT2D eigenvalue weighted by Crippen LogP contribution is 2.27. The normalized spacial score (nSPS) is 16.2. The van der Waals surface area contributed by atoms with Gasteiger partial charge in [-0.25, -0.2) is 4.79 Å². The lowest BCUT2D eigenvalue weighted by atomic mass is 9.95. The molecule has 1 amide bonds. The van der Waals surface area contributed by atoms with Crippen molar-refractivity contribution in [3.63, 3.8) is 0 Å². The first kappa shape index (κ1) is 15.3. The van der Waals surface area contributed by atoms with Crippen LogP contribution in [0, 0.1) is 0 Å². The number of anilines is 1. The summed E-state index contributed by atoms with van der Waals surface area (Å²) in [4.78, 5) is 26.5. The second-order valence-electron chi connectivity index (χ2n) is 5.74. The van der Waals surface area contributed by atoms with Crippen molar-refractivity contribution in [3.8, 4) is 0 Å². The molecule has 1 aliphatic heterocycles. The Morgan fingerprint density at radius 2 is 2.05 bits per heavy atom. The molecule has 0 spiro atoms. The SMILES string of the molecule is CN(C)c1cccc(C(=O)N2CC(C)(OCC(=O)O)C2)c1. The number of benzene rings is 1. The van der Waals surface area contributed by atoms with Gasteiger partial charge < -0.3 is 19.6 Å². The van der Waals surface area contributed by atoms with E-state index < -0.39 is 11.6 Å². The molecule has 0 atom stereocenters. The fourth-order valence-electron chi connectivity index (χ4n) is 2.33. The van der Waals surface area contributed by atoms with Crippen LogP contribution in [0.15, 0.2) is 24.3 Å². The number of hydrogen-bond donors (Lipinski definition) is 1. The lowest BCUT2D eigenvalue weighted by molar-refractivity contribution is -0.159. The van der Waals surface area contributed by atoms with Crippen molar-refractivity contribution in [1.82, 2.24) is 4.90 Å². The number of rotatable bonds is 5. The van der Waals surface area contributed by atoms with Crippen molar-refractivity contribution in [2.24, 2.45) is 0 Å². The van der Waals surface area contributed by atoms with Crippen LogP contribution in [0.25, 0.3) is 0 Å². The Morgan fingerprint density at radius 1 is 1.38 bits per heavy atom. The molecule has 0 radical (unpaired) electrons. The molecule has 1 aromatic carbocycles. The van der Waals surface area contributed by atoms with Crippen molar-refractivity contribution in [2.75, 3.05) is 38.7 Å². The summed E-state index contributed by atoms with van der Waals surface area (Å²) < 4.78 is 5.30. The van der Waals surface area contributed by atoms with Crippen LogP contribution in [-0.2, 0) is 9.53 Å². The van der Waals surface area contributed by atoms with E-state index in [0.717, 1.165) is 5.69 Å². The third-order valence-electron chi connectivity index (χ3n) is 3.49. The summed E-state index contributed by atoms with van der Waals surface area (Å²) in [5.41, 5.74) is 1.03. The van der Waals surface area contributed by atoms with Crippen LogP contribution in [0.3, 0.4) is 0 Å². The maximum absolute atomic E-state index is 12.4. The van der Waals surface area contributed by atoms with Crippen LogP contribution in [0.4, 0.5) is 5.69 Å². The Labute approximate surface area is 123 Å². The van der Waals surface area contributed by atoms with E-state index in [2.05, 4.69) is 0 Å². The Bertz CT molecular complexity index is 550. The number of aliphatic carboxylic acids is 1. The van der Waals surface area contributed by atoms with Crippen LogP contribution in [0.2, 0.25) is 0 Å². The standard InChI is InChI=1S/C15H20N2O4/c1-15(21-8-13(18)19)9-17(10-15)14(20)11-5-4-6-12(7-11)16(2)3/h4-7H,8-10H2,1-3H3,(H,18,19). The average molecular weight is 292 g/mol. The Balaban J connectivity index is 1.97. The van der Waals surface area contributed by atoms with E-state index in [0.29, 0.717) is 18.7 Å². The van der Waals surface area contributed by atoms with Gasteiger partial charge in [0.25, 0.3) is 5.91 Å². The van der Waals surface area contributed by atoms with Crippen LogP contribution in [-0.4, -0.2) is 61.3 Å². The third kappa shape index (κ3) is 3.52. The van der Waals surface area contributed by atoms with E-state index in [-0.39, 0.29) is 12.5 Å². The second kappa shape index (κ2) is 5.73. The van der Waals surface area contributed by atoms with E-state index in [9.17, 15) is 9.59 Å². The molecule has 1 fully saturated rings.